The molecule has 0 atom stereocenters. The maximum atomic E-state index is 12.9. The number of carbonyl (C=O) groups is 1. The van der Waals surface area contributed by atoms with Gasteiger partial charge in [0.1, 0.15) is 0 Å². The van der Waals surface area contributed by atoms with Crippen LogP contribution in [-0.2, 0) is 6.54 Å². The first-order chi connectivity index (χ1) is 12.5. The predicted molar refractivity (Wildman–Crippen MR) is 108 cm³/mol. The van der Waals surface area contributed by atoms with Gasteiger partial charge in [-0.15, -0.1) is 11.3 Å². The molecule has 1 aromatic carbocycles. The molecule has 0 bridgehead atoms. The Morgan fingerprint density at radius 1 is 1.04 bits per heavy atom. The third kappa shape index (κ3) is 5.14. The summed E-state index contributed by atoms with van der Waals surface area (Å²) in [5.74, 6) is 1.49. The van der Waals surface area contributed by atoms with E-state index in [9.17, 15) is 4.79 Å². The number of thiophene rings is 1. The van der Waals surface area contributed by atoms with E-state index < -0.39 is 0 Å². The average molecular weight is 442 g/mol. The molecule has 2 aromatic rings. The molecule has 0 aliphatic carbocycles. The van der Waals surface area contributed by atoms with Crippen LogP contribution in [0, 0.1) is 0 Å². The molecule has 0 saturated carbocycles. The van der Waals surface area contributed by atoms with Crippen molar-refractivity contribution in [1.29, 1.82) is 0 Å². The van der Waals surface area contributed by atoms with Crippen molar-refractivity contribution in [3.8, 4) is 17.2 Å². The van der Waals surface area contributed by atoms with Crippen molar-refractivity contribution < 1.29 is 19.0 Å². The topological polar surface area (TPSA) is 48.0 Å². The summed E-state index contributed by atoms with van der Waals surface area (Å²) >= 11 is 5.05. The second-order valence-corrected chi connectivity index (χ2v) is 7.40. The smallest absolute Gasteiger partial charge is 0.254 e. The molecule has 0 unspecified atom stereocenters. The van der Waals surface area contributed by atoms with Crippen LogP contribution in [0.25, 0.3) is 0 Å². The van der Waals surface area contributed by atoms with Crippen LogP contribution in [-0.4, -0.2) is 37.7 Å². The van der Waals surface area contributed by atoms with Crippen molar-refractivity contribution in [3.05, 3.63) is 38.5 Å². The Morgan fingerprint density at radius 3 is 2.08 bits per heavy atom. The molecular formula is C19H24BrNO4S. The lowest BCUT2D eigenvalue weighted by Gasteiger charge is -2.20. The summed E-state index contributed by atoms with van der Waals surface area (Å²) in [4.78, 5) is 15.7. The largest absolute Gasteiger partial charge is 0.490 e. The molecule has 142 valence electrons. The molecule has 1 heterocycles. The number of ether oxygens (including phenoxy) is 3. The highest BCUT2D eigenvalue weighted by molar-refractivity contribution is 9.10. The number of hydrogen-bond acceptors (Lipinski definition) is 5. The van der Waals surface area contributed by atoms with Crippen molar-refractivity contribution >= 4 is 33.2 Å². The van der Waals surface area contributed by atoms with Crippen molar-refractivity contribution in [3.63, 3.8) is 0 Å². The van der Waals surface area contributed by atoms with Gasteiger partial charge in [0.15, 0.2) is 11.5 Å². The molecule has 26 heavy (non-hydrogen) atoms. The van der Waals surface area contributed by atoms with Crippen LogP contribution in [0.15, 0.2) is 28.1 Å². The summed E-state index contributed by atoms with van der Waals surface area (Å²) in [7, 11) is 1.78. The Morgan fingerprint density at radius 2 is 1.62 bits per heavy atom. The van der Waals surface area contributed by atoms with Crippen LogP contribution in [0.4, 0.5) is 0 Å². The van der Waals surface area contributed by atoms with Gasteiger partial charge in [-0.3, -0.25) is 4.79 Å². The Balaban J connectivity index is 2.32. The molecule has 7 heteroatoms. The summed E-state index contributed by atoms with van der Waals surface area (Å²) in [6.07, 6.45) is 0. The van der Waals surface area contributed by atoms with Gasteiger partial charge in [-0.1, -0.05) is 0 Å². The minimum absolute atomic E-state index is 0.0977. The second kappa shape index (κ2) is 9.83. The average Bonchev–Trinajstić information content (AvgIpc) is 3.02. The fourth-order valence-electron chi connectivity index (χ4n) is 2.47. The van der Waals surface area contributed by atoms with E-state index in [1.165, 1.54) is 0 Å². The number of benzene rings is 1. The highest BCUT2D eigenvalue weighted by atomic mass is 79.9. The van der Waals surface area contributed by atoms with Crippen molar-refractivity contribution in [2.75, 3.05) is 26.9 Å². The first-order valence-electron chi connectivity index (χ1n) is 8.54. The zero-order valence-corrected chi connectivity index (χ0v) is 17.9. The summed E-state index contributed by atoms with van der Waals surface area (Å²) < 4.78 is 18.1. The summed E-state index contributed by atoms with van der Waals surface area (Å²) in [6, 6.07) is 5.46. The molecule has 1 amide bonds. The fourth-order valence-corrected chi connectivity index (χ4v) is 3.98. The summed E-state index contributed by atoms with van der Waals surface area (Å²) in [5.41, 5.74) is 0.512. The third-order valence-corrected chi connectivity index (χ3v) is 5.20. The highest BCUT2D eigenvalue weighted by Crippen LogP contribution is 2.39. The van der Waals surface area contributed by atoms with Crippen LogP contribution < -0.4 is 14.2 Å². The maximum Gasteiger partial charge on any atom is 0.254 e. The Bertz CT molecular complexity index is 720. The Labute approximate surface area is 167 Å². The highest BCUT2D eigenvalue weighted by Gasteiger charge is 2.20. The van der Waals surface area contributed by atoms with Crippen LogP contribution in [0.3, 0.4) is 0 Å². The molecule has 0 radical (unpaired) electrons. The van der Waals surface area contributed by atoms with E-state index in [1.807, 2.05) is 32.2 Å². The van der Waals surface area contributed by atoms with E-state index in [4.69, 9.17) is 14.2 Å². The molecule has 1 aromatic heterocycles. The number of nitrogens with zero attached hydrogens (tertiary/aromatic N) is 1. The molecule has 0 aliphatic rings. The molecule has 0 fully saturated rings. The van der Waals surface area contributed by atoms with E-state index in [0.717, 1.165) is 9.35 Å². The van der Waals surface area contributed by atoms with Gasteiger partial charge in [0.2, 0.25) is 5.75 Å². The van der Waals surface area contributed by atoms with Gasteiger partial charge in [-0.25, -0.2) is 0 Å². The van der Waals surface area contributed by atoms with Gasteiger partial charge >= 0.3 is 0 Å². The Hall–Kier alpha value is -1.73. The minimum atomic E-state index is -0.0977. The SMILES string of the molecule is CCOc1cc(C(=O)N(C)Cc2cc(Br)cs2)cc(OCC)c1OCC. The standard InChI is InChI=1S/C19H24BrNO4S/c1-5-23-16-8-13(9-17(24-6-2)18(16)25-7-3)19(22)21(4)11-15-10-14(20)12-26-15/h8-10,12H,5-7,11H2,1-4H3. The van der Waals surface area contributed by atoms with Crippen molar-refractivity contribution in [2.45, 2.75) is 27.3 Å². The van der Waals surface area contributed by atoms with Gasteiger partial charge in [-0.2, -0.15) is 0 Å². The lowest BCUT2D eigenvalue weighted by molar-refractivity contribution is 0.0785. The van der Waals surface area contributed by atoms with Crippen LogP contribution in [0.2, 0.25) is 0 Å². The normalized spacial score (nSPS) is 10.5. The van der Waals surface area contributed by atoms with Gasteiger partial charge in [-0.05, 0) is 54.9 Å². The molecule has 0 aliphatic heterocycles. The molecule has 2 rings (SSSR count). The number of rotatable bonds is 9. The van der Waals surface area contributed by atoms with E-state index in [0.29, 0.717) is 49.2 Å². The molecule has 5 nitrogen and oxygen atoms in total. The van der Waals surface area contributed by atoms with Crippen LogP contribution >= 0.6 is 27.3 Å². The number of hydrogen-bond donors (Lipinski definition) is 0. The zero-order valence-electron chi connectivity index (χ0n) is 15.5. The lowest BCUT2D eigenvalue weighted by atomic mass is 10.1. The fraction of sp³-hybridized carbons (Fsp3) is 0.421. The van der Waals surface area contributed by atoms with E-state index in [-0.39, 0.29) is 5.91 Å². The minimum Gasteiger partial charge on any atom is -0.490 e. The van der Waals surface area contributed by atoms with Crippen molar-refractivity contribution in [1.82, 2.24) is 4.90 Å². The first-order valence-corrected chi connectivity index (χ1v) is 10.2. The van der Waals surface area contributed by atoms with Gasteiger partial charge in [0, 0.05) is 27.3 Å². The maximum absolute atomic E-state index is 12.9. The monoisotopic (exact) mass is 441 g/mol. The Kier molecular flexibility index (Phi) is 7.78. The number of amides is 1. The van der Waals surface area contributed by atoms with Gasteiger partial charge in [0.05, 0.1) is 26.4 Å². The molecule has 0 spiro atoms. The van der Waals surface area contributed by atoms with E-state index in [2.05, 4.69) is 15.9 Å². The first kappa shape index (κ1) is 20.6. The van der Waals surface area contributed by atoms with Crippen molar-refractivity contribution in [2.24, 2.45) is 0 Å². The second-order valence-electron chi connectivity index (χ2n) is 5.49. The van der Waals surface area contributed by atoms with Gasteiger partial charge in [0.25, 0.3) is 5.91 Å². The third-order valence-electron chi connectivity index (χ3n) is 3.52. The lowest BCUT2D eigenvalue weighted by Crippen LogP contribution is -2.26. The predicted octanol–water partition coefficient (Wildman–Crippen LogP) is 4.98. The molecular weight excluding hydrogens is 418 g/mol. The zero-order chi connectivity index (χ0) is 19.1. The van der Waals surface area contributed by atoms with Crippen LogP contribution in [0.1, 0.15) is 36.0 Å². The summed E-state index contributed by atoms with van der Waals surface area (Å²) in [5, 5.41) is 2.00. The van der Waals surface area contributed by atoms with Gasteiger partial charge < -0.3 is 19.1 Å². The molecule has 0 saturated heterocycles. The quantitative estimate of drug-likeness (QED) is 0.550. The van der Waals surface area contributed by atoms with E-state index in [1.54, 1.807) is 35.4 Å². The summed E-state index contributed by atoms with van der Waals surface area (Å²) in [6.45, 7) is 7.66. The van der Waals surface area contributed by atoms with E-state index >= 15 is 0 Å². The number of halogens is 1. The van der Waals surface area contributed by atoms with Crippen LogP contribution in [0.5, 0.6) is 17.2 Å². The number of carbonyl (C=O) groups excluding carboxylic acids is 1. The molecule has 0 N–H and O–H groups in total.